The number of para-hydroxylation sites is 1. The van der Waals surface area contributed by atoms with Crippen LogP contribution in [0.1, 0.15) is 25.0 Å². The minimum atomic E-state index is -0.430. The molecule has 0 aliphatic heterocycles. The predicted molar refractivity (Wildman–Crippen MR) is 92.5 cm³/mol. The van der Waals surface area contributed by atoms with E-state index in [-0.39, 0.29) is 12.5 Å². The summed E-state index contributed by atoms with van der Waals surface area (Å²) in [6.45, 7) is 4.13. The standard InChI is InChI=1S/C19H24N2O2/c1-19(2,20)14-21-18(22)13-23-17-11-7-6-10-16(17)12-15-8-4-3-5-9-15/h3-11H,12-14,20H2,1-2H3,(H,21,22). The van der Waals surface area contributed by atoms with Crippen molar-refractivity contribution in [3.63, 3.8) is 0 Å². The molecule has 0 saturated carbocycles. The lowest BCUT2D eigenvalue weighted by Gasteiger charge is -2.19. The predicted octanol–water partition coefficient (Wildman–Crippen LogP) is 2.51. The van der Waals surface area contributed by atoms with Gasteiger partial charge in [-0.15, -0.1) is 0 Å². The smallest absolute Gasteiger partial charge is 0.258 e. The minimum Gasteiger partial charge on any atom is -0.483 e. The van der Waals surface area contributed by atoms with E-state index < -0.39 is 5.54 Å². The highest BCUT2D eigenvalue weighted by atomic mass is 16.5. The SMILES string of the molecule is CC(C)(N)CNC(=O)COc1ccccc1Cc1ccccc1. The zero-order valence-electron chi connectivity index (χ0n) is 13.7. The fourth-order valence-electron chi connectivity index (χ4n) is 2.13. The van der Waals surface area contributed by atoms with Gasteiger partial charge >= 0.3 is 0 Å². The first-order valence-electron chi connectivity index (χ1n) is 7.74. The van der Waals surface area contributed by atoms with E-state index in [0.717, 1.165) is 17.7 Å². The molecule has 1 amide bonds. The molecule has 0 saturated heterocycles. The molecule has 0 aromatic heterocycles. The zero-order valence-corrected chi connectivity index (χ0v) is 13.7. The molecule has 0 heterocycles. The van der Waals surface area contributed by atoms with E-state index in [2.05, 4.69) is 17.4 Å². The number of nitrogens with two attached hydrogens (primary N) is 1. The number of hydrogen-bond acceptors (Lipinski definition) is 3. The zero-order chi connectivity index (χ0) is 16.7. The first-order chi connectivity index (χ1) is 10.9. The van der Waals surface area contributed by atoms with E-state index in [0.29, 0.717) is 6.54 Å². The molecule has 4 nitrogen and oxygen atoms in total. The van der Waals surface area contributed by atoms with Crippen molar-refractivity contribution in [2.75, 3.05) is 13.2 Å². The molecule has 2 rings (SSSR count). The summed E-state index contributed by atoms with van der Waals surface area (Å²) in [5.41, 5.74) is 7.68. The summed E-state index contributed by atoms with van der Waals surface area (Å²) in [7, 11) is 0. The van der Waals surface area contributed by atoms with Crippen LogP contribution >= 0.6 is 0 Å². The topological polar surface area (TPSA) is 64.3 Å². The second-order valence-corrected chi connectivity index (χ2v) is 6.32. The number of carbonyl (C=O) groups excluding carboxylic acids is 1. The van der Waals surface area contributed by atoms with Gasteiger partial charge in [-0.05, 0) is 31.0 Å². The third kappa shape index (κ3) is 6.12. The number of benzene rings is 2. The van der Waals surface area contributed by atoms with Crippen molar-refractivity contribution in [2.45, 2.75) is 25.8 Å². The Kier molecular flexibility index (Phi) is 5.77. The number of amides is 1. The highest BCUT2D eigenvalue weighted by Gasteiger charge is 2.13. The van der Waals surface area contributed by atoms with Gasteiger partial charge < -0.3 is 15.8 Å². The second kappa shape index (κ2) is 7.79. The van der Waals surface area contributed by atoms with Crippen LogP contribution in [0.15, 0.2) is 54.6 Å². The van der Waals surface area contributed by atoms with Gasteiger partial charge in [-0.1, -0.05) is 48.5 Å². The molecule has 3 N–H and O–H groups in total. The maximum atomic E-state index is 11.8. The number of hydrogen-bond donors (Lipinski definition) is 2. The molecule has 0 aliphatic rings. The summed E-state index contributed by atoms with van der Waals surface area (Å²) in [5.74, 6) is 0.566. The van der Waals surface area contributed by atoms with E-state index in [9.17, 15) is 4.79 Å². The van der Waals surface area contributed by atoms with Crippen molar-refractivity contribution in [1.82, 2.24) is 5.32 Å². The van der Waals surface area contributed by atoms with Crippen LogP contribution in [0.5, 0.6) is 5.75 Å². The Morgan fingerprint density at radius 2 is 1.74 bits per heavy atom. The molecule has 0 fully saturated rings. The van der Waals surface area contributed by atoms with E-state index in [1.807, 2.05) is 56.3 Å². The second-order valence-electron chi connectivity index (χ2n) is 6.32. The van der Waals surface area contributed by atoms with Crippen molar-refractivity contribution in [1.29, 1.82) is 0 Å². The molecular weight excluding hydrogens is 288 g/mol. The molecule has 2 aromatic rings. The van der Waals surface area contributed by atoms with Crippen LogP contribution in [0.2, 0.25) is 0 Å². The fourth-order valence-corrected chi connectivity index (χ4v) is 2.13. The van der Waals surface area contributed by atoms with Crippen LogP contribution in [0.3, 0.4) is 0 Å². The molecule has 23 heavy (non-hydrogen) atoms. The van der Waals surface area contributed by atoms with Gasteiger partial charge in [0, 0.05) is 18.5 Å². The van der Waals surface area contributed by atoms with Gasteiger partial charge in [-0.3, -0.25) is 4.79 Å². The average Bonchev–Trinajstić information content (AvgIpc) is 2.52. The Bertz CT molecular complexity index is 633. The Morgan fingerprint density at radius 3 is 2.43 bits per heavy atom. The quantitative estimate of drug-likeness (QED) is 0.825. The Hall–Kier alpha value is -2.33. The number of ether oxygens (including phenoxy) is 1. The van der Waals surface area contributed by atoms with Crippen LogP contribution in [-0.2, 0) is 11.2 Å². The maximum Gasteiger partial charge on any atom is 0.258 e. The van der Waals surface area contributed by atoms with Gasteiger partial charge in [0.1, 0.15) is 5.75 Å². The van der Waals surface area contributed by atoms with Gasteiger partial charge in [0.25, 0.3) is 5.91 Å². The molecule has 0 bridgehead atoms. The highest BCUT2D eigenvalue weighted by molar-refractivity contribution is 5.77. The lowest BCUT2D eigenvalue weighted by atomic mass is 10.0. The Balaban J connectivity index is 1.94. The van der Waals surface area contributed by atoms with E-state index in [1.165, 1.54) is 5.56 Å². The van der Waals surface area contributed by atoms with Crippen LogP contribution < -0.4 is 15.8 Å². The van der Waals surface area contributed by atoms with E-state index in [1.54, 1.807) is 0 Å². The minimum absolute atomic E-state index is 0.0120. The Morgan fingerprint density at radius 1 is 1.09 bits per heavy atom. The average molecular weight is 312 g/mol. The van der Waals surface area contributed by atoms with Crippen molar-refractivity contribution in [3.05, 3.63) is 65.7 Å². The summed E-state index contributed by atoms with van der Waals surface area (Å²) in [6, 6.07) is 18.0. The normalized spacial score (nSPS) is 11.1. The molecular formula is C19H24N2O2. The van der Waals surface area contributed by atoms with E-state index >= 15 is 0 Å². The van der Waals surface area contributed by atoms with Crippen molar-refractivity contribution in [3.8, 4) is 5.75 Å². The van der Waals surface area contributed by atoms with Crippen LogP contribution in [0, 0.1) is 0 Å². The largest absolute Gasteiger partial charge is 0.483 e. The third-order valence-electron chi connectivity index (χ3n) is 3.31. The molecule has 0 spiro atoms. The lowest BCUT2D eigenvalue weighted by Crippen LogP contribution is -2.46. The van der Waals surface area contributed by atoms with Crippen molar-refractivity contribution < 1.29 is 9.53 Å². The van der Waals surface area contributed by atoms with Gasteiger partial charge in [0.2, 0.25) is 0 Å². The van der Waals surface area contributed by atoms with Crippen molar-refractivity contribution in [2.24, 2.45) is 5.73 Å². The van der Waals surface area contributed by atoms with Crippen LogP contribution in [-0.4, -0.2) is 24.6 Å². The summed E-state index contributed by atoms with van der Waals surface area (Å²) in [5, 5.41) is 2.77. The van der Waals surface area contributed by atoms with E-state index in [4.69, 9.17) is 10.5 Å². The van der Waals surface area contributed by atoms with Gasteiger partial charge in [0.15, 0.2) is 6.61 Å². The maximum absolute atomic E-state index is 11.8. The first-order valence-corrected chi connectivity index (χ1v) is 7.74. The molecule has 4 heteroatoms. The Labute approximate surface area is 137 Å². The molecule has 0 radical (unpaired) electrons. The molecule has 122 valence electrons. The third-order valence-corrected chi connectivity index (χ3v) is 3.31. The van der Waals surface area contributed by atoms with Crippen LogP contribution in [0.25, 0.3) is 0 Å². The summed E-state index contributed by atoms with van der Waals surface area (Å²) < 4.78 is 5.68. The lowest BCUT2D eigenvalue weighted by molar-refractivity contribution is -0.123. The molecule has 2 aromatic carbocycles. The summed E-state index contributed by atoms with van der Waals surface area (Å²) in [4.78, 5) is 11.8. The van der Waals surface area contributed by atoms with Crippen LogP contribution in [0.4, 0.5) is 0 Å². The van der Waals surface area contributed by atoms with Gasteiger partial charge in [0.05, 0.1) is 0 Å². The molecule has 0 atom stereocenters. The summed E-state index contributed by atoms with van der Waals surface area (Å²) >= 11 is 0. The van der Waals surface area contributed by atoms with Gasteiger partial charge in [-0.2, -0.15) is 0 Å². The van der Waals surface area contributed by atoms with Gasteiger partial charge in [-0.25, -0.2) is 0 Å². The molecule has 0 unspecified atom stereocenters. The molecule has 0 aliphatic carbocycles. The number of rotatable bonds is 7. The van der Waals surface area contributed by atoms with Crippen molar-refractivity contribution >= 4 is 5.91 Å². The summed E-state index contributed by atoms with van der Waals surface area (Å²) in [6.07, 6.45) is 0.772. The first kappa shape index (κ1) is 17.0. The fraction of sp³-hybridized carbons (Fsp3) is 0.316. The highest BCUT2D eigenvalue weighted by Crippen LogP contribution is 2.21. The monoisotopic (exact) mass is 312 g/mol. The number of carbonyl (C=O) groups is 1. The number of nitrogens with one attached hydrogen (secondary N) is 1.